The van der Waals surface area contributed by atoms with Gasteiger partial charge in [-0.05, 0) is 56.8 Å². The maximum Gasteiger partial charge on any atom is 0.230 e. The third kappa shape index (κ3) is 3.62. The number of phenols is 1. The van der Waals surface area contributed by atoms with Crippen LogP contribution in [0.4, 0.5) is 0 Å². The van der Waals surface area contributed by atoms with Crippen molar-refractivity contribution in [3.05, 3.63) is 71.8 Å². The number of aliphatic hydroxyl groups is 4. The summed E-state index contributed by atoms with van der Waals surface area (Å²) >= 11 is 0. The molecule has 0 radical (unpaired) electrons. The molecule has 3 aliphatic carbocycles. The molecule has 0 aromatic heterocycles. The fourth-order valence-corrected chi connectivity index (χ4v) is 9.80. The van der Waals surface area contributed by atoms with Crippen LogP contribution in [0.25, 0.3) is 28.0 Å². The first-order valence-electron chi connectivity index (χ1n) is 15.7. The van der Waals surface area contributed by atoms with Crippen LogP contribution in [-0.4, -0.2) is 66.9 Å². The highest BCUT2D eigenvalue weighted by molar-refractivity contribution is 6.11. The van der Waals surface area contributed by atoms with Gasteiger partial charge in [0.1, 0.15) is 17.8 Å². The van der Waals surface area contributed by atoms with Gasteiger partial charge in [-0.1, -0.05) is 89.7 Å². The average Bonchev–Trinajstić information content (AvgIpc) is 3.00. The Labute approximate surface area is 267 Å². The Morgan fingerprint density at radius 3 is 2.17 bits per heavy atom. The van der Waals surface area contributed by atoms with E-state index in [-0.39, 0.29) is 11.3 Å². The molecule has 0 saturated heterocycles. The summed E-state index contributed by atoms with van der Waals surface area (Å²) in [7, 11) is 0. The molecule has 2 saturated carbocycles. The Morgan fingerprint density at radius 2 is 1.59 bits per heavy atom. The van der Waals surface area contributed by atoms with Gasteiger partial charge in [-0.15, -0.1) is 0 Å². The topological polar surface area (TPSA) is 178 Å². The van der Waals surface area contributed by atoms with Crippen LogP contribution in [0.3, 0.4) is 0 Å². The van der Waals surface area contributed by atoms with Crippen LogP contribution in [0.2, 0.25) is 0 Å². The number of aliphatic hydroxyl groups excluding tert-OH is 3. The van der Waals surface area contributed by atoms with E-state index < -0.39 is 81.8 Å². The smallest absolute Gasteiger partial charge is 0.230 e. The fourth-order valence-electron chi connectivity index (χ4n) is 9.80. The van der Waals surface area contributed by atoms with Crippen LogP contribution < -0.4 is 5.73 Å². The number of nitrogens with two attached hydrogens (primary N) is 1. The number of primary amides is 1. The van der Waals surface area contributed by atoms with Gasteiger partial charge in [0.25, 0.3) is 0 Å². The number of carbonyl (C=O) groups excluding carboxylic acids is 3. The zero-order valence-electron chi connectivity index (χ0n) is 26.6. The number of hydrogen-bond acceptors (Lipinski definition) is 8. The first kappa shape index (κ1) is 32.1. The van der Waals surface area contributed by atoms with Gasteiger partial charge >= 0.3 is 0 Å². The van der Waals surface area contributed by atoms with Gasteiger partial charge in [0.2, 0.25) is 5.91 Å². The van der Waals surface area contributed by atoms with Gasteiger partial charge in [-0.25, -0.2) is 0 Å². The molecule has 10 atom stereocenters. The number of hydrogen-bond donors (Lipinski definition) is 6. The first-order chi connectivity index (χ1) is 21.5. The second-order valence-corrected chi connectivity index (χ2v) is 14.2. The lowest BCUT2D eigenvalue weighted by Gasteiger charge is -2.69. The van der Waals surface area contributed by atoms with Gasteiger partial charge in [-0.2, -0.15) is 0 Å². The Balaban J connectivity index is 1.65. The van der Waals surface area contributed by atoms with Gasteiger partial charge in [-0.3, -0.25) is 14.4 Å². The van der Waals surface area contributed by atoms with Crippen molar-refractivity contribution < 1.29 is 39.9 Å². The third-order valence-electron chi connectivity index (χ3n) is 12.1. The molecule has 2 fully saturated rings. The van der Waals surface area contributed by atoms with Crippen LogP contribution >= 0.6 is 0 Å². The molecule has 0 spiro atoms. The Morgan fingerprint density at radius 1 is 0.978 bits per heavy atom. The molecule has 3 aromatic rings. The number of amides is 1. The second-order valence-electron chi connectivity index (χ2n) is 14.2. The van der Waals surface area contributed by atoms with Crippen LogP contribution in [0.15, 0.2) is 55.1 Å². The van der Waals surface area contributed by atoms with E-state index in [0.29, 0.717) is 11.1 Å². The Kier molecular flexibility index (Phi) is 7.18. The largest absolute Gasteiger partial charge is 0.507 e. The summed E-state index contributed by atoms with van der Waals surface area (Å²) in [5.74, 6) is -9.26. The fraction of sp³-hybridized carbons (Fsp3) is 0.432. The molecule has 3 aliphatic rings. The molecule has 9 heteroatoms. The first-order valence-corrected chi connectivity index (χ1v) is 15.7. The summed E-state index contributed by atoms with van der Waals surface area (Å²) in [6, 6.07) is 14.7. The van der Waals surface area contributed by atoms with Crippen molar-refractivity contribution in [2.45, 2.75) is 64.4 Å². The van der Waals surface area contributed by atoms with Crippen molar-refractivity contribution in [2.75, 3.05) is 0 Å². The minimum Gasteiger partial charge on any atom is -0.507 e. The van der Waals surface area contributed by atoms with Crippen molar-refractivity contribution >= 4 is 34.3 Å². The van der Waals surface area contributed by atoms with Gasteiger partial charge in [0, 0.05) is 10.8 Å². The third-order valence-corrected chi connectivity index (χ3v) is 12.1. The molecular formula is C37H41NO8. The number of rotatable bonds is 4. The minimum atomic E-state index is -2.83. The van der Waals surface area contributed by atoms with E-state index in [2.05, 4.69) is 6.58 Å². The summed E-state index contributed by atoms with van der Waals surface area (Å²) in [5.41, 5.74) is 2.00. The molecule has 0 bridgehead atoms. The zero-order chi connectivity index (χ0) is 33.8. The molecule has 7 N–H and O–H groups in total. The van der Waals surface area contributed by atoms with Crippen LogP contribution in [0, 0.1) is 34.5 Å². The van der Waals surface area contributed by atoms with E-state index in [1.165, 1.54) is 13.0 Å². The highest BCUT2D eigenvalue weighted by Crippen LogP contribution is 2.68. The van der Waals surface area contributed by atoms with Crippen molar-refractivity contribution in [3.63, 3.8) is 0 Å². The van der Waals surface area contributed by atoms with Crippen LogP contribution in [0.1, 0.15) is 62.0 Å². The SMILES string of the molecule is C=Cc1ccc(-c2ccc(O)c3c2[C@@H](C)[C@@]2(C)[C@H](C3=O)C(O)[C@@]3(O)C(=O)[C@H](C(N)=O)C(O)[C@H](C(C)C)[C@@]3(C)[C@@H]2O)c2ccccc12. The lowest BCUT2D eigenvalue weighted by molar-refractivity contribution is -0.306. The van der Waals surface area contributed by atoms with Crippen LogP contribution in [-0.2, 0) is 9.59 Å². The van der Waals surface area contributed by atoms with Crippen molar-refractivity contribution in [3.8, 4) is 16.9 Å². The maximum absolute atomic E-state index is 14.6. The number of phenolic OH excluding ortho intramolecular Hbond substituents is 1. The highest BCUT2D eigenvalue weighted by Gasteiger charge is 2.80. The zero-order valence-corrected chi connectivity index (χ0v) is 26.6. The molecular weight excluding hydrogens is 586 g/mol. The van der Waals surface area contributed by atoms with E-state index in [1.807, 2.05) is 36.4 Å². The number of Topliss-reactive ketones (excluding diaryl/α,β-unsaturated/α-hetero) is 2. The second kappa shape index (κ2) is 10.3. The summed E-state index contributed by atoms with van der Waals surface area (Å²) < 4.78 is 0. The summed E-state index contributed by atoms with van der Waals surface area (Å²) in [6.45, 7) is 12.2. The van der Waals surface area contributed by atoms with Crippen molar-refractivity contribution in [2.24, 2.45) is 40.2 Å². The number of ketones is 2. The lowest BCUT2D eigenvalue weighted by atomic mass is 9.36. The molecule has 2 unspecified atom stereocenters. The van der Waals surface area contributed by atoms with E-state index >= 15 is 0 Å². The highest BCUT2D eigenvalue weighted by atomic mass is 16.4. The number of fused-ring (bicyclic) bond motifs is 4. The Hall–Kier alpha value is -3.89. The monoisotopic (exact) mass is 627 g/mol. The maximum atomic E-state index is 14.6. The predicted octanol–water partition coefficient (Wildman–Crippen LogP) is 3.57. The van der Waals surface area contributed by atoms with E-state index in [1.54, 1.807) is 39.8 Å². The van der Waals surface area contributed by atoms with Crippen molar-refractivity contribution in [1.29, 1.82) is 0 Å². The van der Waals surface area contributed by atoms with E-state index in [4.69, 9.17) is 5.73 Å². The molecule has 9 nitrogen and oxygen atoms in total. The lowest BCUT2D eigenvalue weighted by Crippen LogP contribution is -2.83. The molecule has 0 aliphatic heterocycles. The molecule has 46 heavy (non-hydrogen) atoms. The molecule has 6 rings (SSSR count). The summed E-state index contributed by atoms with van der Waals surface area (Å²) in [5, 5.41) is 61.6. The van der Waals surface area contributed by atoms with Gasteiger partial charge in [0.15, 0.2) is 17.2 Å². The molecule has 3 aromatic carbocycles. The summed E-state index contributed by atoms with van der Waals surface area (Å²) in [4.78, 5) is 41.2. The average molecular weight is 628 g/mol. The molecule has 0 heterocycles. The minimum absolute atomic E-state index is 0.0713. The predicted molar refractivity (Wildman–Crippen MR) is 173 cm³/mol. The number of aromatic hydroxyl groups is 1. The van der Waals surface area contributed by atoms with Gasteiger partial charge < -0.3 is 31.3 Å². The van der Waals surface area contributed by atoms with E-state index in [9.17, 15) is 39.9 Å². The normalized spacial score (nSPS) is 37.0. The van der Waals surface area contributed by atoms with Gasteiger partial charge in [0.05, 0.1) is 23.7 Å². The molecule has 242 valence electrons. The van der Waals surface area contributed by atoms with E-state index in [0.717, 1.165) is 21.9 Å². The Bertz CT molecular complexity index is 1830. The quantitative estimate of drug-likeness (QED) is 0.238. The standard InChI is InChI=1S/C37H41NO8/c1-7-18-12-13-21(20-11-9-8-10-19(18)20)22-14-15-23(39)25-24(22)17(4)35(5)28(29(25)40)32(43)37(46)31(42)26(33(38)44)30(41)27(16(2)3)36(37,6)34(35)45/h7-17,26-28,30,32,34,39,41,43,45-46H,1H2,2-6H3,(H2,38,44)/t17-,26-,27+,28-,30?,32?,34-,35+,36+,37+/m1/s1. The number of benzene rings is 3. The molecule has 1 amide bonds. The summed E-state index contributed by atoms with van der Waals surface area (Å²) in [6.07, 6.45) is -3.66. The number of carbonyl (C=O) groups is 3. The van der Waals surface area contributed by atoms with Crippen LogP contribution in [0.5, 0.6) is 5.75 Å². The van der Waals surface area contributed by atoms with Crippen molar-refractivity contribution in [1.82, 2.24) is 0 Å².